The van der Waals surface area contributed by atoms with Crippen LogP contribution in [0.15, 0.2) is 6.20 Å². The maximum absolute atomic E-state index is 11.6. The number of anilines is 1. The van der Waals surface area contributed by atoms with Gasteiger partial charge >= 0.3 is 5.97 Å². The van der Waals surface area contributed by atoms with E-state index in [-0.39, 0.29) is 18.7 Å². The van der Waals surface area contributed by atoms with E-state index in [0.717, 1.165) is 11.5 Å². The highest BCUT2D eigenvalue weighted by molar-refractivity contribution is 7.10. The van der Waals surface area contributed by atoms with Crippen molar-refractivity contribution in [2.24, 2.45) is 5.41 Å². The molecule has 88 valence electrons. The molecule has 0 atom stereocenters. The highest BCUT2D eigenvalue weighted by Gasteiger charge is 2.25. The van der Waals surface area contributed by atoms with Crippen LogP contribution in [0.25, 0.3) is 0 Å². The van der Waals surface area contributed by atoms with Crippen LogP contribution in [-0.2, 0) is 9.59 Å². The van der Waals surface area contributed by atoms with Crippen LogP contribution in [0.3, 0.4) is 0 Å². The van der Waals surface area contributed by atoms with Gasteiger partial charge < -0.3 is 10.4 Å². The van der Waals surface area contributed by atoms with Crippen LogP contribution >= 0.6 is 11.5 Å². The Labute approximate surface area is 96.8 Å². The fraction of sp³-hybridized carbons (Fsp3) is 0.556. The Hall–Kier alpha value is -1.50. The Balaban J connectivity index is 2.47. The zero-order chi connectivity index (χ0) is 12.2. The van der Waals surface area contributed by atoms with Crippen LogP contribution in [0.5, 0.6) is 0 Å². The number of carbonyl (C=O) groups is 2. The molecule has 1 heterocycles. The molecule has 1 aromatic rings. The van der Waals surface area contributed by atoms with Gasteiger partial charge in [-0.05, 0) is 5.41 Å². The average Bonchev–Trinajstić information content (AvgIpc) is 2.51. The first-order valence-corrected chi connectivity index (χ1v) is 5.45. The van der Waals surface area contributed by atoms with Gasteiger partial charge in [0.2, 0.25) is 5.91 Å². The molecule has 16 heavy (non-hydrogen) atoms. The van der Waals surface area contributed by atoms with Crippen LogP contribution in [0.2, 0.25) is 0 Å². The van der Waals surface area contributed by atoms with Gasteiger partial charge in [-0.1, -0.05) is 18.3 Å². The van der Waals surface area contributed by atoms with Gasteiger partial charge in [0.05, 0.1) is 12.6 Å². The highest BCUT2D eigenvalue weighted by atomic mass is 32.1. The lowest BCUT2D eigenvalue weighted by Crippen LogP contribution is -2.24. The summed E-state index contributed by atoms with van der Waals surface area (Å²) in [5.74, 6) is -1.13. The minimum Gasteiger partial charge on any atom is -0.481 e. The molecule has 0 bridgehead atoms. The lowest BCUT2D eigenvalue weighted by molar-refractivity contribution is -0.139. The number of nitrogens with zero attached hydrogens (tertiary/aromatic N) is 2. The van der Waals surface area contributed by atoms with Crippen molar-refractivity contribution in [3.05, 3.63) is 6.20 Å². The second-order valence-corrected chi connectivity index (χ2v) is 5.03. The van der Waals surface area contributed by atoms with E-state index in [2.05, 4.69) is 14.9 Å². The lowest BCUT2D eigenvalue weighted by atomic mass is 9.85. The topological polar surface area (TPSA) is 92.2 Å². The van der Waals surface area contributed by atoms with Crippen molar-refractivity contribution in [1.82, 2.24) is 9.59 Å². The minimum absolute atomic E-state index is 0.0403. The number of carbonyl (C=O) groups excluding carboxylic acids is 1. The van der Waals surface area contributed by atoms with E-state index in [1.165, 1.54) is 6.20 Å². The molecule has 0 saturated heterocycles. The molecular weight excluding hydrogens is 230 g/mol. The Morgan fingerprint density at radius 3 is 2.69 bits per heavy atom. The van der Waals surface area contributed by atoms with Gasteiger partial charge in [0.1, 0.15) is 5.00 Å². The van der Waals surface area contributed by atoms with Gasteiger partial charge in [-0.2, -0.15) is 0 Å². The molecule has 7 heteroatoms. The summed E-state index contributed by atoms with van der Waals surface area (Å²) in [7, 11) is 0. The zero-order valence-electron chi connectivity index (χ0n) is 9.06. The molecule has 0 aliphatic heterocycles. The Morgan fingerprint density at radius 1 is 1.50 bits per heavy atom. The lowest BCUT2D eigenvalue weighted by Gasteiger charge is -2.20. The number of aromatic nitrogens is 2. The second-order valence-electron chi connectivity index (χ2n) is 4.24. The molecule has 0 radical (unpaired) electrons. The second kappa shape index (κ2) is 5.02. The summed E-state index contributed by atoms with van der Waals surface area (Å²) in [5.41, 5.74) is -0.561. The smallest absolute Gasteiger partial charge is 0.303 e. The van der Waals surface area contributed by atoms with Gasteiger partial charge in [0.15, 0.2) is 0 Å². The summed E-state index contributed by atoms with van der Waals surface area (Å²) >= 11 is 1.08. The number of hydrogen-bond donors (Lipinski definition) is 2. The van der Waals surface area contributed by atoms with Crippen molar-refractivity contribution in [3.63, 3.8) is 0 Å². The summed E-state index contributed by atoms with van der Waals surface area (Å²) in [6.45, 7) is 3.48. The SMILES string of the molecule is CC(C)(CC(=O)O)CC(=O)Nc1cnns1. The third kappa shape index (κ3) is 4.35. The number of aliphatic carboxylic acids is 1. The summed E-state index contributed by atoms with van der Waals surface area (Å²) in [5, 5.41) is 15.4. The van der Waals surface area contributed by atoms with E-state index in [1.807, 2.05) is 0 Å². The molecule has 2 N–H and O–H groups in total. The van der Waals surface area contributed by atoms with Crippen molar-refractivity contribution < 1.29 is 14.7 Å². The molecule has 0 fully saturated rings. The Morgan fingerprint density at radius 2 is 2.19 bits per heavy atom. The first-order chi connectivity index (χ1) is 7.39. The maximum Gasteiger partial charge on any atom is 0.303 e. The Kier molecular flexibility index (Phi) is 3.94. The minimum atomic E-state index is -0.905. The number of nitrogens with one attached hydrogen (secondary N) is 1. The summed E-state index contributed by atoms with van der Waals surface area (Å²) in [6, 6.07) is 0. The number of amides is 1. The quantitative estimate of drug-likeness (QED) is 0.814. The van der Waals surface area contributed by atoms with Crippen molar-refractivity contribution in [3.8, 4) is 0 Å². The van der Waals surface area contributed by atoms with Gasteiger partial charge in [-0.25, -0.2) is 0 Å². The van der Waals surface area contributed by atoms with E-state index in [4.69, 9.17) is 5.11 Å². The molecule has 0 saturated carbocycles. The van der Waals surface area contributed by atoms with Crippen LogP contribution < -0.4 is 5.32 Å². The standard InChI is InChI=1S/C9H13N3O3S/c1-9(2,4-8(14)15)3-6(13)11-7-5-10-12-16-7/h5H,3-4H2,1-2H3,(H,11,13)(H,14,15). The zero-order valence-corrected chi connectivity index (χ0v) is 9.87. The summed E-state index contributed by atoms with van der Waals surface area (Å²) in [4.78, 5) is 22.1. The third-order valence-corrected chi connectivity index (χ3v) is 2.47. The maximum atomic E-state index is 11.6. The molecule has 0 spiro atoms. The summed E-state index contributed by atoms with van der Waals surface area (Å²) in [6.07, 6.45) is 1.56. The van der Waals surface area contributed by atoms with Crippen molar-refractivity contribution in [2.45, 2.75) is 26.7 Å². The molecular formula is C9H13N3O3S. The van der Waals surface area contributed by atoms with Crippen LogP contribution in [0.4, 0.5) is 5.00 Å². The molecule has 0 unspecified atom stereocenters. The fourth-order valence-corrected chi connectivity index (χ4v) is 1.75. The van der Waals surface area contributed by atoms with Gasteiger partial charge in [0, 0.05) is 18.0 Å². The largest absolute Gasteiger partial charge is 0.481 e. The molecule has 1 aromatic heterocycles. The van der Waals surface area contributed by atoms with E-state index >= 15 is 0 Å². The van der Waals surface area contributed by atoms with Crippen molar-refractivity contribution in [1.29, 1.82) is 0 Å². The van der Waals surface area contributed by atoms with Gasteiger partial charge in [0.25, 0.3) is 0 Å². The van der Waals surface area contributed by atoms with E-state index in [9.17, 15) is 9.59 Å². The molecule has 1 rings (SSSR count). The first-order valence-electron chi connectivity index (χ1n) is 4.68. The first kappa shape index (κ1) is 12.6. The number of hydrogen-bond acceptors (Lipinski definition) is 5. The van der Waals surface area contributed by atoms with Gasteiger partial charge in [-0.15, -0.1) is 5.10 Å². The van der Waals surface area contributed by atoms with E-state index < -0.39 is 11.4 Å². The number of carboxylic acids is 1. The van der Waals surface area contributed by atoms with Gasteiger partial charge in [-0.3, -0.25) is 9.59 Å². The van der Waals surface area contributed by atoms with Crippen LogP contribution in [0, 0.1) is 5.41 Å². The van der Waals surface area contributed by atoms with Crippen molar-refractivity contribution in [2.75, 3.05) is 5.32 Å². The normalized spacial score (nSPS) is 11.1. The molecule has 6 nitrogen and oxygen atoms in total. The molecule has 0 aliphatic rings. The molecule has 0 aromatic carbocycles. The third-order valence-electron chi connectivity index (χ3n) is 1.89. The van der Waals surface area contributed by atoms with Crippen LogP contribution in [0.1, 0.15) is 26.7 Å². The predicted octanol–water partition coefficient (Wildman–Crippen LogP) is 1.37. The Bertz CT molecular complexity index is 375. The average molecular weight is 243 g/mol. The number of carboxylic acid groups (broad SMARTS) is 1. The van der Waals surface area contributed by atoms with E-state index in [1.54, 1.807) is 13.8 Å². The summed E-state index contributed by atoms with van der Waals surface area (Å²) < 4.78 is 3.60. The highest BCUT2D eigenvalue weighted by Crippen LogP contribution is 2.25. The van der Waals surface area contributed by atoms with E-state index in [0.29, 0.717) is 5.00 Å². The van der Waals surface area contributed by atoms with Crippen molar-refractivity contribution >= 4 is 28.4 Å². The molecule has 0 aliphatic carbocycles. The number of rotatable bonds is 5. The fourth-order valence-electron chi connectivity index (χ4n) is 1.31. The monoisotopic (exact) mass is 243 g/mol. The predicted molar refractivity (Wildman–Crippen MR) is 59.2 cm³/mol. The molecule has 1 amide bonds. The van der Waals surface area contributed by atoms with Crippen LogP contribution in [-0.4, -0.2) is 26.6 Å².